The number of aryl methyl sites for hydroxylation is 3. The highest BCUT2D eigenvalue weighted by atomic mass is 32.2. The van der Waals surface area contributed by atoms with Crippen molar-refractivity contribution in [3.05, 3.63) is 270 Å². The predicted molar refractivity (Wildman–Crippen MR) is 384 cm³/mol. The first-order valence-corrected chi connectivity index (χ1v) is 31.9. The van der Waals surface area contributed by atoms with Crippen LogP contribution in [0.3, 0.4) is 0 Å². The summed E-state index contributed by atoms with van der Waals surface area (Å²) < 4.78 is 20.3. The molecule has 19 heteroatoms. The van der Waals surface area contributed by atoms with Crippen molar-refractivity contribution >= 4 is 144 Å². The van der Waals surface area contributed by atoms with Gasteiger partial charge in [0.15, 0.2) is 0 Å². The monoisotopic (exact) mass is 1320 g/mol. The van der Waals surface area contributed by atoms with Crippen LogP contribution in [0.25, 0.3) is 0 Å². The predicted octanol–water partition coefficient (Wildman–Crippen LogP) is 16.9. The summed E-state index contributed by atoms with van der Waals surface area (Å²) in [5.74, 6) is -0.199. The number of esters is 1. The third kappa shape index (κ3) is 21.3. The number of anilines is 9. The highest BCUT2D eigenvalue weighted by molar-refractivity contribution is 8.20. The van der Waals surface area contributed by atoms with Gasteiger partial charge in [0.25, 0.3) is 0 Å². The molecule has 2 atom stereocenters. The van der Waals surface area contributed by atoms with Crippen molar-refractivity contribution in [3.8, 4) is 0 Å². The minimum absolute atomic E-state index is 0.0512. The fraction of sp³-hybridized carbons (Fsp3) is 0.162. The van der Waals surface area contributed by atoms with Gasteiger partial charge >= 0.3 is 18.3 Å². The summed E-state index contributed by atoms with van der Waals surface area (Å²) in [6.07, 6.45) is 6.85. The van der Waals surface area contributed by atoms with Gasteiger partial charge in [-0.2, -0.15) is 19.2 Å². The van der Waals surface area contributed by atoms with Crippen LogP contribution < -0.4 is 26.2 Å². The number of ether oxygens (including phenoxy) is 1. The molecule has 0 amide bonds. The van der Waals surface area contributed by atoms with Gasteiger partial charge in [-0.15, -0.1) is 0 Å². The Hall–Kier alpha value is -9.97. The molecule has 0 saturated heterocycles. The van der Waals surface area contributed by atoms with Crippen LogP contribution in [0.4, 0.5) is 55.6 Å². The van der Waals surface area contributed by atoms with Gasteiger partial charge in [0, 0.05) is 74.3 Å². The molecule has 11 rings (SSSR count). The molecule has 2 heterocycles. The number of nitrogens with zero attached hydrogens (tertiary/aromatic N) is 5. The number of para-hydroxylation sites is 3. The zero-order valence-electron chi connectivity index (χ0n) is 52.5. The number of hydrogen-bond acceptors (Lipinski definition) is 16. The molecule has 9 aromatic rings. The van der Waals surface area contributed by atoms with Gasteiger partial charge in [-0.3, -0.25) is 24.0 Å². The molecule has 0 fully saturated rings. The van der Waals surface area contributed by atoms with Crippen molar-refractivity contribution in [1.82, 2.24) is 0 Å². The van der Waals surface area contributed by atoms with E-state index in [9.17, 15) is 14.0 Å². The highest BCUT2D eigenvalue weighted by Crippen LogP contribution is 2.45. The van der Waals surface area contributed by atoms with Crippen LogP contribution in [0.15, 0.2) is 247 Å². The smallest absolute Gasteiger partial charge is 0.373 e. The van der Waals surface area contributed by atoms with Crippen molar-refractivity contribution in [2.45, 2.75) is 63.1 Å². The average Bonchev–Trinajstić information content (AvgIpc) is 1.52. The van der Waals surface area contributed by atoms with Crippen LogP contribution in [-0.4, -0.2) is 69.6 Å². The summed E-state index contributed by atoms with van der Waals surface area (Å²) in [5.41, 5.74) is 26.3. The van der Waals surface area contributed by atoms with Gasteiger partial charge in [0.05, 0.1) is 15.6 Å². The van der Waals surface area contributed by atoms with E-state index in [1.54, 1.807) is 23.5 Å². The second-order valence-corrected chi connectivity index (χ2v) is 23.3. The first kappa shape index (κ1) is 70.5. The highest BCUT2D eigenvalue weighted by Gasteiger charge is 2.37. The molecule has 2 unspecified atom stereocenters. The van der Waals surface area contributed by atoms with Crippen LogP contribution in [0, 0.1) is 0 Å². The van der Waals surface area contributed by atoms with E-state index in [1.165, 1.54) is 18.2 Å². The molecule has 2 aliphatic heterocycles. The van der Waals surface area contributed by atoms with E-state index in [4.69, 9.17) is 46.7 Å². The Morgan fingerprint density at radius 1 is 0.495 bits per heavy atom. The lowest BCUT2D eigenvalue weighted by molar-refractivity contribution is -0.193. The number of fused-ring (bicyclic) bond motifs is 1. The maximum atomic E-state index is 11.7. The molecule has 14 nitrogen and oxygen atoms in total. The molecule has 4 N–H and O–H groups in total. The van der Waals surface area contributed by atoms with E-state index in [-0.39, 0.29) is 39.0 Å². The fourth-order valence-electron chi connectivity index (χ4n) is 9.74. The number of rotatable bonds is 19. The molecule has 0 aromatic heterocycles. The number of aliphatic imine (C=N–C) groups is 2. The number of methoxy groups -OCH3 is 1. The number of alkyl halides is 1. The Balaban J connectivity index is 0.000000295. The van der Waals surface area contributed by atoms with Gasteiger partial charge in [-0.1, -0.05) is 190 Å². The first-order chi connectivity index (χ1) is 45.8. The number of hydrogen-bond donors (Lipinski definition) is 2. The second kappa shape index (κ2) is 38.7. The molecule has 0 saturated carbocycles. The lowest BCUT2D eigenvalue weighted by Crippen LogP contribution is -2.26. The van der Waals surface area contributed by atoms with Crippen LogP contribution in [0.2, 0.25) is 0 Å². The van der Waals surface area contributed by atoms with Crippen molar-refractivity contribution in [2.75, 3.05) is 29.0 Å². The van der Waals surface area contributed by atoms with Gasteiger partial charge in [0.1, 0.15) is 37.1 Å². The Kier molecular flexibility index (Phi) is 29.3. The number of halogens is 1. The number of carbonyl (C=O) groups is 2. The standard InChI is InChI=1S/C47H42N4O2S2.C22H21NO.C2H4N2S2.CH3F.2CO2/c1-3-10-33-15-24-39(25-16-33)50(37-11-6-4-7-12-37)41-28-20-35(21-29-41)44-48-46-47(54-44)49-45(55-46)36-22-30-42(31-23-36)51(38-13-8-5-9-14-38)40-26-17-34(18-27-40)19-32-43(52)53-2;1-2-6-18-9-13-21(14-10-18)23(20-7-4-3-5-8-20)22-15-11-19(17-24)12-16-22;3-1(5)2(4)6;1-2;2*2-1-3/h4-9,11-18,20-31,46-47H,3,10,19,32H2,1-2H3;3-5,7-17H,2,6H2,1H3;(H2,3,5)(H2,4,6);1H3;;/i;;;1D;;. The number of thiocarbonyl (C=S) groups is 2. The average molecular weight is 1320 g/mol. The van der Waals surface area contributed by atoms with E-state index in [2.05, 4.69) is 241 Å². The van der Waals surface area contributed by atoms with Crippen molar-refractivity contribution in [3.63, 3.8) is 0 Å². The van der Waals surface area contributed by atoms with Gasteiger partial charge in [-0.05, 0) is 157 Å². The SMILES string of the molecule is CCCc1ccc(N(c2ccccc2)c2ccc(C3=NC4SC(c5ccc(N(c6ccccc6)c6ccc(CCC(=O)OC)cc6)cc5)=NC4S3)cc2)cc1.CCCc1ccc(N(c2ccccc2)c2ccc(C=O)cc2)cc1.NC(=S)C(N)=S.O=C=O.O=C=O.[2H]CF. The van der Waals surface area contributed by atoms with E-state index < -0.39 is 7.15 Å². The topological polar surface area (TPSA) is 198 Å². The number of nitrogens with two attached hydrogens (primary N) is 2. The van der Waals surface area contributed by atoms with Crippen LogP contribution in [0.5, 0.6) is 0 Å². The van der Waals surface area contributed by atoms with Gasteiger partial charge in [-0.25, -0.2) is 0 Å². The molecule has 0 spiro atoms. The number of carbonyl (C=O) groups excluding carboxylic acids is 6. The van der Waals surface area contributed by atoms with E-state index >= 15 is 0 Å². The normalized spacial score (nSPS) is 12.9. The summed E-state index contributed by atoms with van der Waals surface area (Å²) in [6.45, 7) is 4.41. The second-order valence-electron chi connectivity index (χ2n) is 20.2. The van der Waals surface area contributed by atoms with Crippen molar-refractivity contribution < 1.29 is 39.3 Å². The summed E-state index contributed by atoms with van der Waals surface area (Å²) in [5, 5.41) is 2.17. The lowest BCUT2D eigenvalue weighted by atomic mass is 10.1. The maximum Gasteiger partial charge on any atom is 0.373 e. The minimum Gasteiger partial charge on any atom is -0.469 e. The molecule has 0 radical (unpaired) electrons. The molecule has 93 heavy (non-hydrogen) atoms. The Bertz CT molecular complexity index is 3940. The molecule has 474 valence electrons. The quantitative estimate of drug-likeness (QED) is 0.0440. The molecule has 0 bridgehead atoms. The number of thioether (sulfide) groups is 2. The lowest BCUT2D eigenvalue weighted by Gasteiger charge is -2.26. The van der Waals surface area contributed by atoms with E-state index in [1.807, 2.05) is 48.5 Å². The summed E-state index contributed by atoms with van der Waals surface area (Å²) >= 11 is 12.2. The van der Waals surface area contributed by atoms with E-state index in [0.717, 1.165) is 110 Å². The van der Waals surface area contributed by atoms with Crippen LogP contribution in [-0.2, 0) is 48.0 Å². The fourth-order valence-corrected chi connectivity index (χ4v) is 12.2. The third-order valence-corrected chi connectivity index (χ3v) is 17.1. The summed E-state index contributed by atoms with van der Waals surface area (Å²) in [4.78, 5) is 72.3. The molecule has 0 aliphatic carbocycles. The summed E-state index contributed by atoms with van der Waals surface area (Å²) in [6, 6.07) is 82.2. The number of benzene rings is 9. The first-order valence-electron chi connectivity index (χ1n) is 30.0. The minimum atomic E-state index is -1.00. The summed E-state index contributed by atoms with van der Waals surface area (Å²) in [7, 11) is 0.427. The molecular weight excluding hydrogens is 1250 g/mol. The third-order valence-electron chi connectivity index (χ3n) is 14.0. The van der Waals surface area contributed by atoms with Crippen LogP contribution >= 0.6 is 48.0 Å². The van der Waals surface area contributed by atoms with Gasteiger partial charge in [0.2, 0.25) is 0 Å². The molecule has 9 aromatic carbocycles. The Morgan fingerprint density at radius 2 is 0.753 bits per heavy atom. The maximum absolute atomic E-state index is 11.7. The van der Waals surface area contributed by atoms with Crippen molar-refractivity contribution in [1.29, 1.82) is 0 Å². The van der Waals surface area contributed by atoms with E-state index in [0.29, 0.717) is 18.4 Å². The van der Waals surface area contributed by atoms with Crippen LogP contribution in [0.1, 0.15) is 72.7 Å². The largest absolute Gasteiger partial charge is 0.469 e. The zero-order chi connectivity index (χ0) is 67.6. The Morgan fingerprint density at radius 3 is 1.01 bits per heavy atom. The van der Waals surface area contributed by atoms with Gasteiger partial charge < -0.3 is 30.9 Å². The zero-order valence-corrected chi connectivity index (χ0v) is 54.7. The van der Waals surface area contributed by atoms with Crippen molar-refractivity contribution in [2.24, 2.45) is 21.5 Å². The molecule has 2 aliphatic rings. The molecular formula is C74H70FN7O7S4. The Labute approximate surface area is 563 Å². The number of aldehydes is 1.